The molecule has 8 nitrogen and oxygen atoms in total. The van der Waals surface area contributed by atoms with Crippen LogP contribution in [0.5, 0.6) is 0 Å². The van der Waals surface area contributed by atoms with E-state index >= 15 is 0 Å². The molecule has 0 unspecified atom stereocenters. The van der Waals surface area contributed by atoms with E-state index in [1.807, 2.05) is 0 Å². The Hall–Kier alpha value is -2.46. The average Bonchev–Trinajstić information content (AvgIpc) is 2.73. The lowest BCUT2D eigenvalue weighted by molar-refractivity contribution is -0.142. The number of nitrogens with one attached hydrogen (secondary N) is 1. The fraction of sp³-hybridized carbons (Fsp3) is 0.250. The van der Waals surface area contributed by atoms with Gasteiger partial charge in [0.2, 0.25) is 10.0 Å². The van der Waals surface area contributed by atoms with E-state index in [1.165, 1.54) is 34.8 Å². The second-order valence-corrected chi connectivity index (χ2v) is 8.91. The maximum absolute atomic E-state index is 12.5. The standard InChI is InChI=1S/C20H21Cl2N3O5S/c1-3-25(4-2)31(28,29)16-8-5-14(6-9-16)7-10-19(27)30-13-18(26)24-20-17(22)11-15(21)12-23-20/h5-12H,3-4,13H2,1-2H3,(H,23,24,26)/b10-7+. The van der Waals surface area contributed by atoms with Crippen molar-refractivity contribution in [3.05, 3.63) is 58.2 Å². The molecule has 166 valence electrons. The quantitative estimate of drug-likeness (QED) is 0.429. The molecule has 1 amide bonds. The molecule has 0 spiro atoms. The molecule has 0 fully saturated rings. The molecule has 0 bridgehead atoms. The van der Waals surface area contributed by atoms with Crippen LogP contribution in [0.1, 0.15) is 19.4 Å². The van der Waals surface area contributed by atoms with E-state index in [0.717, 1.165) is 6.08 Å². The number of anilines is 1. The van der Waals surface area contributed by atoms with Gasteiger partial charge < -0.3 is 10.1 Å². The molecule has 1 aromatic carbocycles. The van der Waals surface area contributed by atoms with Crippen molar-refractivity contribution in [2.75, 3.05) is 25.0 Å². The zero-order valence-corrected chi connectivity index (χ0v) is 19.2. The Balaban J connectivity index is 1.90. The van der Waals surface area contributed by atoms with Crippen LogP contribution in [-0.2, 0) is 24.3 Å². The molecule has 2 aromatic rings. The fourth-order valence-electron chi connectivity index (χ4n) is 2.49. The third-order valence-electron chi connectivity index (χ3n) is 4.05. The first-order chi connectivity index (χ1) is 14.7. The lowest BCUT2D eigenvalue weighted by Gasteiger charge is -2.18. The van der Waals surface area contributed by atoms with Gasteiger partial charge in [0.05, 0.1) is 14.9 Å². The highest BCUT2D eigenvalue weighted by Gasteiger charge is 2.21. The van der Waals surface area contributed by atoms with Crippen LogP contribution in [0.25, 0.3) is 6.08 Å². The molecule has 0 radical (unpaired) electrons. The number of aromatic nitrogens is 1. The molecular weight excluding hydrogens is 465 g/mol. The summed E-state index contributed by atoms with van der Waals surface area (Å²) in [6.45, 7) is 3.75. The molecule has 0 saturated heterocycles. The molecule has 1 heterocycles. The second-order valence-electron chi connectivity index (χ2n) is 6.13. The highest BCUT2D eigenvalue weighted by molar-refractivity contribution is 7.89. The summed E-state index contributed by atoms with van der Waals surface area (Å²) >= 11 is 11.6. The minimum atomic E-state index is -3.55. The molecule has 0 aliphatic carbocycles. The third kappa shape index (κ3) is 7.03. The van der Waals surface area contributed by atoms with Crippen LogP contribution in [0.2, 0.25) is 10.0 Å². The number of hydrogen-bond donors (Lipinski definition) is 1. The molecule has 2 rings (SSSR count). The summed E-state index contributed by atoms with van der Waals surface area (Å²) in [5.41, 5.74) is 0.594. The fourth-order valence-corrected chi connectivity index (χ4v) is 4.37. The SMILES string of the molecule is CCN(CC)S(=O)(=O)c1ccc(/C=C/C(=O)OCC(=O)Nc2ncc(Cl)cc2Cl)cc1. The number of amides is 1. The highest BCUT2D eigenvalue weighted by Crippen LogP contribution is 2.22. The van der Waals surface area contributed by atoms with E-state index in [0.29, 0.717) is 23.7 Å². The van der Waals surface area contributed by atoms with E-state index in [4.69, 9.17) is 27.9 Å². The molecule has 1 N–H and O–H groups in total. The molecule has 11 heteroatoms. The van der Waals surface area contributed by atoms with Crippen LogP contribution < -0.4 is 5.32 Å². The van der Waals surface area contributed by atoms with Gasteiger partial charge in [0.1, 0.15) is 0 Å². The van der Waals surface area contributed by atoms with Crippen molar-refractivity contribution in [1.29, 1.82) is 0 Å². The number of rotatable bonds is 9. The van der Waals surface area contributed by atoms with Crippen LogP contribution in [0.4, 0.5) is 5.82 Å². The van der Waals surface area contributed by atoms with E-state index in [9.17, 15) is 18.0 Å². The van der Waals surface area contributed by atoms with Gasteiger partial charge in [-0.05, 0) is 29.8 Å². The zero-order chi connectivity index (χ0) is 23.0. The largest absolute Gasteiger partial charge is 0.452 e. The Morgan fingerprint density at radius 1 is 1.16 bits per heavy atom. The molecule has 0 saturated carbocycles. The van der Waals surface area contributed by atoms with Gasteiger partial charge in [-0.3, -0.25) is 4.79 Å². The third-order valence-corrected chi connectivity index (χ3v) is 6.61. The molecule has 0 atom stereocenters. The smallest absolute Gasteiger partial charge is 0.331 e. The first-order valence-corrected chi connectivity index (χ1v) is 11.4. The topological polar surface area (TPSA) is 106 Å². The number of pyridine rings is 1. The second kappa shape index (κ2) is 11.2. The number of esters is 1. The van der Waals surface area contributed by atoms with Crippen molar-refractivity contribution in [3.8, 4) is 0 Å². The van der Waals surface area contributed by atoms with Gasteiger partial charge in [-0.1, -0.05) is 49.2 Å². The lowest BCUT2D eigenvalue weighted by atomic mass is 10.2. The van der Waals surface area contributed by atoms with Gasteiger partial charge in [-0.25, -0.2) is 18.2 Å². The van der Waals surface area contributed by atoms with Gasteiger partial charge >= 0.3 is 5.97 Å². The maximum atomic E-state index is 12.5. The number of ether oxygens (including phenoxy) is 1. The van der Waals surface area contributed by atoms with Crippen LogP contribution in [0.3, 0.4) is 0 Å². The van der Waals surface area contributed by atoms with Crippen molar-refractivity contribution in [2.45, 2.75) is 18.7 Å². The first kappa shape index (κ1) is 24.8. The normalized spacial score (nSPS) is 11.6. The Morgan fingerprint density at radius 3 is 2.39 bits per heavy atom. The van der Waals surface area contributed by atoms with E-state index in [2.05, 4.69) is 10.3 Å². The number of sulfonamides is 1. The van der Waals surface area contributed by atoms with Crippen molar-refractivity contribution >= 4 is 57.0 Å². The monoisotopic (exact) mass is 485 g/mol. The van der Waals surface area contributed by atoms with E-state index in [-0.39, 0.29) is 15.7 Å². The highest BCUT2D eigenvalue weighted by atomic mass is 35.5. The number of hydrogen-bond acceptors (Lipinski definition) is 6. The van der Waals surface area contributed by atoms with Gasteiger partial charge in [0, 0.05) is 25.4 Å². The van der Waals surface area contributed by atoms with Crippen molar-refractivity contribution in [1.82, 2.24) is 9.29 Å². The van der Waals surface area contributed by atoms with Gasteiger partial charge in [-0.2, -0.15) is 4.31 Å². The molecule has 31 heavy (non-hydrogen) atoms. The molecule has 0 aliphatic rings. The summed E-state index contributed by atoms with van der Waals surface area (Å²) in [5, 5.41) is 2.87. The summed E-state index contributed by atoms with van der Waals surface area (Å²) in [4.78, 5) is 27.7. The number of carbonyl (C=O) groups excluding carboxylic acids is 2. The van der Waals surface area contributed by atoms with E-state index in [1.54, 1.807) is 26.0 Å². The van der Waals surface area contributed by atoms with E-state index < -0.39 is 28.5 Å². The van der Waals surface area contributed by atoms with Crippen LogP contribution >= 0.6 is 23.2 Å². The van der Waals surface area contributed by atoms with Crippen LogP contribution in [0, 0.1) is 0 Å². The zero-order valence-electron chi connectivity index (χ0n) is 16.8. The molecular formula is C20H21Cl2N3O5S. The van der Waals surface area contributed by atoms with Crippen molar-refractivity contribution in [3.63, 3.8) is 0 Å². The van der Waals surface area contributed by atoms with Crippen molar-refractivity contribution in [2.24, 2.45) is 0 Å². The maximum Gasteiger partial charge on any atom is 0.331 e. The van der Waals surface area contributed by atoms with Crippen molar-refractivity contribution < 1.29 is 22.7 Å². The lowest BCUT2D eigenvalue weighted by Crippen LogP contribution is -2.30. The summed E-state index contributed by atoms with van der Waals surface area (Å²) in [5.74, 6) is -1.27. The number of nitrogens with zero attached hydrogens (tertiary/aromatic N) is 2. The number of halogens is 2. The minimum Gasteiger partial charge on any atom is -0.452 e. The summed E-state index contributed by atoms with van der Waals surface area (Å²) < 4.78 is 31.1. The van der Waals surface area contributed by atoms with Crippen LogP contribution in [-0.4, -0.2) is 49.3 Å². The van der Waals surface area contributed by atoms with Crippen LogP contribution in [0.15, 0.2) is 47.5 Å². The number of benzene rings is 1. The summed E-state index contributed by atoms with van der Waals surface area (Å²) in [7, 11) is -3.55. The summed E-state index contributed by atoms with van der Waals surface area (Å²) in [6.07, 6.45) is 3.90. The Labute approximate surface area is 190 Å². The van der Waals surface area contributed by atoms with Gasteiger partial charge in [0.15, 0.2) is 12.4 Å². The predicted octanol–water partition coefficient (Wildman–Crippen LogP) is 3.61. The first-order valence-electron chi connectivity index (χ1n) is 9.23. The Bertz CT molecular complexity index is 1070. The Morgan fingerprint density at radius 2 is 1.81 bits per heavy atom. The minimum absolute atomic E-state index is 0.0995. The van der Waals surface area contributed by atoms with Gasteiger partial charge in [0.25, 0.3) is 5.91 Å². The average molecular weight is 486 g/mol. The molecule has 1 aromatic heterocycles. The Kier molecular flexibility index (Phi) is 9.00. The van der Waals surface area contributed by atoms with Gasteiger partial charge in [-0.15, -0.1) is 0 Å². The predicted molar refractivity (Wildman–Crippen MR) is 119 cm³/mol. The number of carbonyl (C=O) groups is 2. The summed E-state index contributed by atoms with van der Waals surface area (Å²) in [6, 6.07) is 7.49. The molecule has 0 aliphatic heterocycles.